The van der Waals surface area contributed by atoms with Gasteiger partial charge in [-0.25, -0.2) is 0 Å². The average Bonchev–Trinajstić information content (AvgIpc) is 2.23. The fraction of sp³-hybridized carbons (Fsp3) is 0.684. The number of rotatable bonds is 1. The SMILES string of the molecule is CC(C)(C)c1cc([C@@H](N)C(C)(C)C)c(O)c(C(C)(C)C)c1.Cl. The molecular formula is C19H34ClNO. The molecule has 0 spiro atoms. The maximum atomic E-state index is 10.8. The fourth-order valence-corrected chi connectivity index (χ4v) is 2.37. The molecule has 0 radical (unpaired) electrons. The molecule has 0 aliphatic carbocycles. The molecule has 0 aliphatic rings. The molecule has 0 saturated heterocycles. The summed E-state index contributed by atoms with van der Waals surface area (Å²) in [7, 11) is 0. The van der Waals surface area contributed by atoms with Crippen molar-refractivity contribution in [1.29, 1.82) is 0 Å². The van der Waals surface area contributed by atoms with Crippen molar-refractivity contribution in [1.82, 2.24) is 0 Å². The molecule has 3 N–H and O–H groups in total. The third kappa shape index (κ3) is 4.63. The molecule has 0 aliphatic heterocycles. The molecule has 1 aromatic carbocycles. The van der Waals surface area contributed by atoms with E-state index in [9.17, 15) is 5.11 Å². The number of hydrogen-bond donors (Lipinski definition) is 2. The Morgan fingerprint density at radius 3 is 1.64 bits per heavy atom. The summed E-state index contributed by atoms with van der Waals surface area (Å²) in [6.07, 6.45) is 0. The van der Waals surface area contributed by atoms with Crippen molar-refractivity contribution in [3.63, 3.8) is 0 Å². The highest BCUT2D eigenvalue weighted by Crippen LogP contribution is 2.43. The number of phenolic OH excluding ortho intramolecular Hbond substituents is 1. The Morgan fingerprint density at radius 1 is 0.864 bits per heavy atom. The van der Waals surface area contributed by atoms with Gasteiger partial charge in [0.2, 0.25) is 0 Å². The van der Waals surface area contributed by atoms with Crippen molar-refractivity contribution in [2.45, 2.75) is 79.2 Å². The molecule has 1 rings (SSSR count). The molecule has 0 bridgehead atoms. The summed E-state index contributed by atoms with van der Waals surface area (Å²) in [6, 6.07) is 4.02. The first-order chi connectivity index (χ1) is 9.15. The quantitative estimate of drug-likeness (QED) is 0.720. The summed E-state index contributed by atoms with van der Waals surface area (Å²) >= 11 is 0. The number of aromatic hydroxyl groups is 1. The molecule has 3 heteroatoms. The van der Waals surface area contributed by atoms with Crippen LogP contribution in [0.5, 0.6) is 5.75 Å². The predicted octanol–water partition coefficient (Wildman–Crippen LogP) is 5.45. The lowest BCUT2D eigenvalue weighted by Crippen LogP contribution is -2.28. The van der Waals surface area contributed by atoms with E-state index in [0.717, 1.165) is 11.1 Å². The Morgan fingerprint density at radius 2 is 1.32 bits per heavy atom. The Labute approximate surface area is 142 Å². The third-order valence-corrected chi connectivity index (χ3v) is 4.08. The minimum atomic E-state index is -0.194. The molecule has 1 aromatic rings. The summed E-state index contributed by atoms with van der Waals surface area (Å²) in [5, 5.41) is 10.8. The van der Waals surface area contributed by atoms with Crippen molar-refractivity contribution >= 4 is 12.4 Å². The molecule has 0 heterocycles. The van der Waals surface area contributed by atoms with Gasteiger partial charge in [-0.2, -0.15) is 0 Å². The maximum Gasteiger partial charge on any atom is 0.124 e. The maximum absolute atomic E-state index is 10.8. The number of hydrogen-bond acceptors (Lipinski definition) is 2. The van der Waals surface area contributed by atoms with E-state index in [4.69, 9.17) is 5.73 Å². The first-order valence-corrected chi connectivity index (χ1v) is 7.79. The highest BCUT2D eigenvalue weighted by Gasteiger charge is 2.30. The van der Waals surface area contributed by atoms with E-state index in [1.54, 1.807) is 0 Å². The van der Waals surface area contributed by atoms with Crippen LogP contribution in [-0.2, 0) is 10.8 Å². The van der Waals surface area contributed by atoms with Crippen LogP contribution in [0.2, 0.25) is 0 Å². The van der Waals surface area contributed by atoms with Crippen LogP contribution < -0.4 is 5.73 Å². The normalized spacial score (nSPS) is 14.5. The van der Waals surface area contributed by atoms with E-state index in [-0.39, 0.29) is 34.7 Å². The van der Waals surface area contributed by atoms with Crippen LogP contribution >= 0.6 is 12.4 Å². The van der Waals surface area contributed by atoms with E-state index in [1.165, 1.54) is 5.56 Å². The van der Waals surface area contributed by atoms with E-state index in [2.05, 4.69) is 74.4 Å². The van der Waals surface area contributed by atoms with Gasteiger partial charge in [-0.3, -0.25) is 0 Å². The zero-order valence-electron chi connectivity index (χ0n) is 15.7. The second-order valence-electron chi connectivity index (χ2n) is 9.31. The molecule has 0 saturated carbocycles. The number of phenols is 1. The lowest BCUT2D eigenvalue weighted by Gasteiger charge is -2.33. The zero-order valence-corrected chi connectivity index (χ0v) is 16.5. The summed E-state index contributed by atoms with van der Waals surface area (Å²) in [5.74, 6) is 0.359. The first kappa shape index (κ1) is 21.3. The van der Waals surface area contributed by atoms with Gasteiger partial charge < -0.3 is 10.8 Å². The van der Waals surface area contributed by atoms with E-state index < -0.39 is 0 Å². The van der Waals surface area contributed by atoms with Gasteiger partial charge in [-0.15, -0.1) is 12.4 Å². The first-order valence-electron chi connectivity index (χ1n) is 7.79. The number of nitrogens with two attached hydrogens (primary N) is 1. The van der Waals surface area contributed by atoms with Gasteiger partial charge in [-0.05, 0) is 33.4 Å². The lowest BCUT2D eigenvalue weighted by molar-refractivity contribution is 0.315. The second kappa shape index (κ2) is 6.41. The summed E-state index contributed by atoms with van der Waals surface area (Å²) in [4.78, 5) is 0. The van der Waals surface area contributed by atoms with Crippen molar-refractivity contribution in [2.24, 2.45) is 11.1 Å². The van der Waals surface area contributed by atoms with Gasteiger partial charge in [0, 0.05) is 11.6 Å². The molecule has 22 heavy (non-hydrogen) atoms. The highest BCUT2D eigenvalue weighted by molar-refractivity contribution is 5.85. The molecule has 2 nitrogen and oxygen atoms in total. The third-order valence-electron chi connectivity index (χ3n) is 4.08. The van der Waals surface area contributed by atoms with Crippen LogP contribution in [0.4, 0.5) is 0 Å². The van der Waals surface area contributed by atoms with Crippen molar-refractivity contribution in [2.75, 3.05) is 0 Å². The fourth-order valence-electron chi connectivity index (χ4n) is 2.37. The van der Waals surface area contributed by atoms with Crippen LogP contribution in [0.1, 0.15) is 85.0 Å². The highest BCUT2D eigenvalue weighted by atomic mass is 35.5. The zero-order chi connectivity index (χ0) is 16.8. The summed E-state index contributed by atoms with van der Waals surface area (Å²) in [5.41, 5.74) is 9.32. The van der Waals surface area contributed by atoms with E-state index in [0.29, 0.717) is 5.75 Å². The Balaban J connectivity index is 0.00000441. The minimum absolute atomic E-state index is 0. The Kier molecular flexibility index (Phi) is 6.20. The topological polar surface area (TPSA) is 46.2 Å². The van der Waals surface area contributed by atoms with Gasteiger partial charge in [0.15, 0.2) is 0 Å². The van der Waals surface area contributed by atoms with Crippen LogP contribution in [0.15, 0.2) is 12.1 Å². The Hall–Kier alpha value is -0.730. The molecule has 1 atom stereocenters. The van der Waals surface area contributed by atoms with Crippen LogP contribution in [0, 0.1) is 5.41 Å². The molecule has 0 unspecified atom stereocenters. The minimum Gasteiger partial charge on any atom is -0.507 e. The summed E-state index contributed by atoms with van der Waals surface area (Å²) < 4.78 is 0. The van der Waals surface area contributed by atoms with Gasteiger partial charge in [0.1, 0.15) is 5.75 Å². The number of benzene rings is 1. The lowest BCUT2D eigenvalue weighted by atomic mass is 9.75. The predicted molar refractivity (Wildman–Crippen MR) is 99.1 cm³/mol. The molecule has 0 amide bonds. The summed E-state index contributed by atoms with van der Waals surface area (Å²) in [6.45, 7) is 19.3. The molecule has 0 fully saturated rings. The van der Waals surface area contributed by atoms with E-state index >= 15 is 0 Å². The van der Waals surface area contributed by atoms with Crippen LogP contribution in [0.3, 0.4) is 0 Å². The van der Waals surface area contributed by atoms with Gasteiger partial charge in [-0.1, -0.05) is 68.4 Å². The van der Waals surface area contributed by atoms with Gasteiger partial charge >= 0.3 is 0 Å². The Bertz CT molecular complexity index is 516. The largest absolute Gasteiger partial charge is 0.507 e. The smallest absolute Gasteiger partial charge is 0.124 e. The standard InChI is InChI=1S/C19H33NO.ClH/c1-17(2,3)12-10-13(16(20)19(7,8)9)15(21)14(11-12)18(4,5)6;/h10-11,16,21H,20H2,1-9H3;1H/t16-;/m1./s1. The van der Waals surface area contributed by atoms with Crippen molar-refractivity contribution in [3.8, 4) is 5.75 Å². The van der Waals surface area contributed by atoms with Crippen LogP contribution in [0.25, 0.3) is 0 Å². The van der Waals surface area contributed by atoms with Gasteiger partial charge in [0.25, 0.3) is 0 Å². The van der Waals surface area contributed by atoms with Crippen molar-refractivity contribution in [3.05, 3.63) is 28.8 Å². The van der Waals surface area contributed by atoms with Gasteiger partial charge in [0.05, 0.1) is 0 Å². The molecule has 128 valence electrons. The second-order valence-corrected chi connectivity index (χ2v) is 9.31. The van der Waals surface area contributed by atoms with Crippen molar-refractivity contribution < 1.29 is 5.11 Å². The van der Waals surface area contributed by atoms with E-state index in [1.807, 2.05) is 0 Å². The van der Waals surface area contributed by atoms with Crippen LogP contribution in [-0.4, -0.2) is 5.11 Å². The number of halogens is 1. The molecular weight excluding hydrogens is 294 g/mol. The molecule has 0 aromatic heterocycles. The monoisotopic (exact) mass is 327 g/mol. The average molecular weight is 328 g/mol.